The van der Waals surface area contributed by atoms with Gasteiger partial charge in [0.1, 0.15) is 9.84 Å². The van der Waals surface area contributed by atoms with Gasteiger partial charge in [-0.2, -0.15) is 13.2 Å². The van der Waals surface area contributed by atoms with Crippen molar-refractivity contribution in [1.82, 2.24) is 9.88 Å². The summed E-state index contributed by atoms with van der Waals surface area (Å²) >= 11 is 6.05. The van der Waals surface area contributed by atoms with E-state index >= 15 is 0 Å². The van der Waals surface area contributed by atoms with Crippen LogP contribution in [-0.2, 0) is 27.5 Å². The number of hydrogen-bond donors (Lipinski definition) is 1. The molecule has 1 unspecified atom stereocenters. The molecule has 1 aromatic carbocycles. The first-order valence-electron chi connectivity index (χ1n) is 11.0. The summed E-state index contributed by atoms with van der Waals surface area (Å²) in [6, 6.07) is 6.39. The summed E-state index contributed by atoms with van der Waals surface area (Å²) in [5, 5.41) is 3.96. The van der Waals surface area contributed by atoms with E-state index in [1.165, 1.54) is 23.9 Å². The highest BCUT2D eigenvalue weighted by Gasteiger charge is 2.47. The van der Waals surface area contributed by atoms with E-state index in [9.17, 15) is 26.4 Å². The quantitative estimate of drug-likeness (QED) is 0.645. The molecule has 1 saturated heterocycles. The number of sulfone groups is 1. The molecule has 0 radical (unpaired) electrons. The second-order valence-corrected chi connectivity index (χ2v) is 11.7. The number of carbonyl (C=O) groups is 1. The topological polar surface area (TPSA) is 79.4 Å². The number of halogens is 4. The zero-order chi connectivity index (χ0) is 24.7. The van der Waals surface area contributed by atoms with Crippen LogP contribution in [0.5, 0.6) is 0 Å². The van der Waals surface area contributed by atoms with Crippen molar-refractivity contribution in [2.24, 2.45) is 5.92 Å². The number of fused-ring (bicyclic) bond motifs is 1. The molecule has 1 fully saturated rings. The molecule has 2 atom stereocenters. The van der Waals surface area contributed by atoms with Crippen LogP contribution in [0, 0.1) is 5.92 Å². The molecule has 11 heteroatoms. The van der Waals surface area contributed by atoms with Crippen LogP contribution in [0.15, 0.2) is 36.5 Å². The van der Waals surface area contributed by atoms with Gasteiger partial charge in [0, 0.05) is 24.0 Å². The van der Waals surface area contributed by atoms with Gasteiger partial charge in [0.15, 0.2) is 6.04 Å². The van der Waals surface area contributed by atoms with Gasteiger partial charge < -0.3 is 10.2 Å². The molecule has 1 amide bonds. The second-order valence-electron chi connectivity index (χ2n) is 8.95. The summed E-state index contributed by atoms with van der Waals surface area (Å²) in [6.45, 7) is 0. The zero-order valence-corrected chi connectivity index (χ0v) is 20.1. The van der Waals surface area contributed by atoms with Crippen LogP contribution in [0.4, 0.5) is 18.9 Å². The largest absolute Gasteiger partial charge is 0.414 e. The first-order chi connectivity index (χ1) is 15.9. The van der Waals surface area contributed by atoms with Crippen molar-refractivity contribution in [2.45, 2.75) is 43.9 Å². The predicted octanol–water partition coefficient (Wildman–Crippen LogP) is 4.20. The van der Waals surface area contributed by atoms with Gasteiger partial charge in [-0.15, -0.1) is 0 Å². The number of rotatable bonds is 5. The maximum Gasteiger partial charge on any atom is 0.414 e. The molecule has 6 nitrogen and oxygen atoms in total. The second kappa shape index (κ2) is 9.37. The van der Waals surface area contributed by atoms with E-state index in [1.54, 1.807) is 0 Å². The Bertz CT molecular complexity index is 1160. The molecule has 0 bridgehead atoms. The molecule has 2 heterocycles. The number of benzene rings is 1. The lowest BCUT2D eigenvalue weighted by molar-refractivity contribution is -0.191. The van der Waals surface area contributed by atoms with Crippen LogP contribution < -0.4 is 5.32 Å². The third-order valence-corrected chi connectivity index (χ3v) is 8.44. The molecule has 1 aromatic heterocycles. The van der Waals surface area contributed by atoms with Crippen LogP contribution in [0.3, 0.4) is 0 Å². The standard InChI is InChI=1S/C23H25ClF3N3O3S/c1-30(22(31)14-6-8-34(32,33)9-7-14)21(23(25,26)27)20-5-4-18(13-28-20)29-19-11-15-2-3-17(24)10-16(15)12-19/h2-5,10,13-14,19,21,29H,6-9,11-12H2,1H3/t19-,21?/m1/s1. The van der Waals surface area contributed by atoms with Crippen LogP contribution >= 0.6 is 11.6 Å². The van der Waals surface area contributed by atoms with E-state index in [0.29, 0.717) is 15.6 Å². The third-order valence-electron chi connectivity index (χ3n) is 6.49. The Morgan fingerprint density at radius 1 is 1.15 bits per heavy atom. The molecule has 0 saturated carbocycles. The minimum absolute atomic E-state index is 0.0291. The molecule has 184 valence electrons. The van der Waals surface area contributed by atoms with Crippen molar-refractivity contribution in [1.29, 1.82) is 0 Å². The number of alkyl halides is 3. The fraction of sp³-hybridized carbons (Fsp3) is 0.478. The number of amides is 1. The summed E-state index contributed by atoms with van der Waals surface area (Å²) in [5.74, 6) is -1.85. The molecule has 1 aliphatic carbocycles. The number of carbonyl (C=O) groups excluding carboxylic acids is 1. The number of pyridine rings is 1. The van der Waals surface area contributed by atoms with Crippen LogP contribution in [0.25, 0.3) is 0 Å². The van der Waals surface area contributed by atoms with Crippen molar-refractivity contribution in [3.8, 4) is 0 Å². The van der Waals surface area contributed by atoms with Crippen molar-refractivity contribution in [3.63, 3.8) is 0 Å². The van der Waals surface area contributed by atoms with Crippen LogP contribution in [0.2, 0.25) is 5.02 Å². The van der Waals surface area contributed by atoms with Gasteiger partial charge in [-0.3, -0.25) is 9.78 Å². The minimum atomic E-state index is -4.74. The molecule has 1 N–H and O–H groups in total. The Hall–Kier alpha value is -2.33. The van der Waals surface area contributed by atoms with E-state index in [2.05, 4.69) is 10.3 Å². The average Bonchev–Trinajstić information content (AvgIpc) is 3.15. The first-order valence-corrected chi connectivity index (χ1v) is 13.2. The summed E-state index contributed by atoms with van der Waals surface area (Å²) in [4.78, 5) is 17.5. The van der Waals surface area contributed by atoms with Gasteiger partial charge in [0.25, 0.3) is 0 Å². The van der Waals surface area contributed by atoms with Crippen LogP contribution in [0.1, 0.15) is 35.7 Å². The normalized spacial score (nSPS) is 21.0. The predicted molar refractivity (Wildman–Crippen MR) is 123 cm³/mol. The number of anilines is 1. The summed E-state index contributed by atoms with van der Waals surface area (Å²) in [7, 11) is -2.13. The maximum absolute atomic E-state index is 14.0. The average molecular weight is 516 g/mol. The number of nitrogens with zero attached hydrogens (tertiary/aromatic N) is 2. The number of hydrogen-bond acceptors (Lipinski definition) is 5. The monoisotopic (exact) mass is 515 g/mol. The zero-order valence-electron chi connectivity index (χ0n) is 18.5. The Kier molecular flexibility index (Phi) is 6.83. The Balaban J connectivity index is 1.45. The van der Waals surface area contributed by atoms with Crippen molar-refractivity contribution >= 4 is 33.0 Å². The molecular weight excluding hydrogens is 491 g/mol. The lowest BCUT2D eigenvalue weighted by Crippen LogP contribution is -2.44. The summed E-state index contributed by atoms with van der Waals surface area (Å²) < 4.78 is 65.1. The molecule has 2 aromatic rings. The molecule has 4 rings (SSSR count). The molecule has 0 spiro atoms. The van der Waals surface area contributed by atoms with Crippen molar-refractivity contribution < 1.29 is 26.4 Å². The van der Waals surface area contributed by atoms with Gasteiger partial charge in [-0.25, -0.2) is 8.42 Å². The Labute approximate surface area is 201 Å². The highest BCUT2D eigenvalue weighted by atomic mass is 35.5. The fourth-order valence-corrected chi connectivity index (χ4v) is 6.40. The van der Waals surface area contributed by atoms with E-state index in [1.807, 2.05) is 18.2 Å². The van der Waals surface area contributed by atoms with E-state index < -0.39 is 33.9 Å². The number of aromatic nitrogens is 1. The van der Waals surface area contributed by atoms with Crippen LogP contribution in [-0.4, -0.2) is 55.0 Å². The van der Waals surface area contributed by atoms with Gasteiger partial charge in [-0.1, -0.05) is 17.7 Å². The highest BCUT2D eigenvalue weighted by Crippen LogP contribution is 2.38. The summed E-state index contributed by atoms with van der Waals surface area (Å²) in [5.41, 5.74) is 2.61. The third kappa shape index (κ3) is 5.49. The molecular formula is C23H25ClF3N3O3S. The van der Waals surface area contributed by atoms with E-state index in [-0.39, 0.29) is 36.1 Å². The lowest BCUT2D eigenvalue weighted by atomic mass is 9.99. The van der Waals surface area contributed by atoms with Crippen molar-refractivity contribution in [2.75, 3.05) is 23.9 Å². The smallest absolute Gasteiger partial charge is 0.380 e. The lowest BCUT2D eigenvalue weighted by Gasteiger charge is -2.33. The molecule has 1 aliphatic heterocycles. The SMILES string of the molecule is CN(C(=O)C1CCS(=O)(=O)CC1)C(c1ccc(N[C@@H]2Cc3ccc(Cl)cc3C2)cn1)C(F)(F)F. The Morgan fingerprint density at radius 2 is 1.82 bits per heavy atom. The summed E-state index contributed by atoms with van der Waals surface area (Å²) in [6.07, 6.45) is -1.82. The van der Waals surface area contributed by atoms with Gasteiger partial charge >= 0.3 is 6.18 Å². The van der Waals surface area contributed by atoms with E-state index in [0.717, 1.165) is 25.5 Å². The van der Waals surface area contributed by atoms with E-state index in [4.69, 9.17) is 11.6 Å². The van der Waals surface area contributed by atoms with Gasteiger partial charge in [-0.05, 0) is 61.1 Å². The van der Waals surface area contributed by atoms with Crippen molar-refractivity contribution in [3.05, 3.63) is 58.4 Å². The number of nitrogens with one attached hydrogen (secondary N) is 1. The Morgan fingerprint density at radius 3 is 2.44 bits per heavy atom. The maximum atomic E-state index is 14.0. The molecule has 2 aliphatic rings. The fourth-order valence-electron chi connectivity index (χ4n) is 4.71. The first kappa shape index (κ1) is 24.8. The van der Waals surface area contributed by atoms with Gasteiger partial charge in [0.2, 0.25) is 5.91 Å². The molecule has 34 heavy (non-hydrogen) atoms. The minimum Gasteiger partial charge on any atom is -0.380 e. The van der Waals surface area contributed by atoms with Gasteiger partial charge in [0.05, 0.1) is 29.1 Å². The highest BCUT2D eigenvalue weighted by molar-refractivity contribution is 7.91.